The summed E-state index contributed by atoms with van der Waals surface area (Å²) in [6, 6.07) is 0. The molecule has 0 aliphatic carbocycles. The van der Waals surface area contributed by atoms with Gasteiger partial charge < -0.3 is 10.0 Å². The van der Waals surface area contributed by atoms with Crippen molar-refractivity contribution in [3.05, 3.63) is 0 Å². The first-order valence-corrected chi connectivity index (χ1v) is 5.32. The minimum absolute atomic E-state index is 0.103. The predicted molar refractivity (Wildman–Crippen MR) is 51.7 cm³/mol. The lowest BCUT2D eigenvalue weighted by Crippen LogP contribution is -2.45. The van der Waals surface area contributed by atoms with Crippen molar-refractivity contribution in [2.24, 2.45) is 5.92 Å². The first kappa shape index (κ1) is 13.3. The molecule has 6 heteroatoms. The molecular formula is C10H16F3NO2. The van der Waals surface area contributed by atoms with E-state index in [2.05, 4.69) is 0 Å². The van der Waals surface area contributed by atoms with Gasteiger partial charge in [-0.25, -0.2) is 0 Å². The van der Waals surface area contributed by atoms with E-state index in [1.54, 1.807) is 0 Å². The fraction of sp³-hybridized carbons (Fsp3) is 0.900. The average molecular weight is 239 g/mol. The summed E-state index contributed by atoms with van der Waals surface area (Å²) in [6.07, 6.45) is -5.89. The van der Waals surface area contributed by atoms with Crippen molar-refractivity contribution in [1.29, 1.82) is 0 Å². The Morgan fingerprint density at radius 1 is 1.50 bits per heavy atom. The smallest absolute Gasteiger partial charge is 0.389 e. The lowest BCUT2D eigenvalue weighted by atomic mass is 9.96. The minimum atomic E-state index is -4.29. The van der Waals surface area contributed by atoms with Crippen LogP contribution in [0.1, 0.15) is 26.2 Å². The highest BCUT2D eigenvalue weighted by molar-refractivity contribution is 5.76. The molecule has 2 atom stereocenters. The number of halogens is 3. The Labute approximate surface area is 92.2 Å². The number of rotatable bonds is 2. The topological polar surface area (TPSA) is 40.5 Å². The van der Waals surface area contributed by atoms with Gasteiger partial charge >= 0.3 is 6.18 Å². The second-order valence-electron chi connectivity index (χ2n) is 4.29. The molecule has 1 N–H and O–H groups in total. The zero-order chi connectivity index (χ0) is 12.3. The number of piperidine rings is 1. The van der Waals surface area contributed by atoms with Gasteiger partial charge in [0.1, 0.15) is 0 Å². The summed E-state index contributed by atoms with van der Waals surface area (Å²) in [6.45, 7) is 2.45. The number of aliphatic hydroxyl groups excluding tert-OH is 1. The Balaban J connectivity index is 2.38. The van der Waals surface area contributed by atoms with Gasteiger partial charge in [0, 0.05) is 19.5 Å². The van der Waals surface area contributed by atoms with Gasteiger partial charge in [-0.2, -0.15) is 13.2 Å². The summed E-state index contributed by atoms with van der Waals surface area (Å²) in [7, 11) is 0. The number of carbonyl (C=O) groups is 1. The van der Waals surface area contributed by atoms with E-state index in [0.29, 0.717) is 13.0 Å². The summed E-state index contributed by atoms with van der Waals surface area (Å²) in [5, 5.41) is 9.51. The van der Waals surface area contributed by atoms with Crippen molar-refractivity contribution in [2.45, 2.75) is 38.5 Å². The van der Waals surface area contributed by atoms with Gasteiger partial charge in [0.15, 0.2) is 0 Å². The third kappa shape index (κ3) is 4.00. The Morgan fingerprint density at radius 3 is 2.62 bits per heavy atom. The van der Waals surface area contributed by atoms with Gasteiger partial charge in [-0.15, -0.1) is 0 Å². The van der Waals surface area contributed by atoms with Crippen molar-refractivity contribution < 1.29 is 23.1 Å². The van der Waals surface area contributed by atoms with Crippen LogP contribution in [0.15, 0.2) is 0 Å². The molecule has 0 spiro atoms. The van der Waals surface area contributed by atoms with Crippen molar-refractivity contribution in [3.8, 4) is 0 Å². The Bertz CT molecular complexity index is 255. The number of aliphatic hydroxyl groups is 1. The number of hydrogen-bond donors (Lipinski definition) is 1. The number of likely N-dealkylation sites (tertiary alicyclic amines) is 1. The van der Waals surface area contributed by atoms with Crippen LogP contribution in [-0.4, -0.2) is 41.3 Å². The number of carbonyl (C=O) groups excluding carboxylic acids is 1. The zero-order valence-electron chi connectivity index (χ0n) is 9.13. The molecule has 1 fully saturated rings. The highest BCUT2D eigenvalue weighted by atomic mass is 19.4. The molecule has 0 bridgehead atoms. The molecule has 2 unspecified atom stereocenters. The molecule has 0 aromatic carbocycles. The van der Waals surface area contributed by atoms with Crippen LogP contribution in [0, 0.1) is 5.92 Å². The molecule has 1 aliphatic rings. The molecule has 1 heterocycles. The van der Waals surface area contributed by atoms with Crippen LogP contribution in [0.5, 0.6) is 0 Å². The highest BCUT2D eigenvalue weighted by Crippen LogP contribution is 2.23. The van der Waals surface area contributed by atoms with E-state index >= 15 is 0 Å². The summed E-state index contributed by atoms with van der Waals surface area (Å²) in [5.41, 5.74) is 0. The summed E-state index contributed by atoms with van der Waals surface area (Å²) < 4.78 is 35.7. The normalized spacial score (nSPS) is 26.9. The lowest BCUT2D eigenvalue weighted by Gasteiger charge is -2.34. The molecule has 0 saturated carbocycles. The Morgan fingerprint density at radius 2 is 2.12 bits per heavy atom. The van der Waals surface area contributed by atoms with E-state index in [0.717, 1.165) is 0 Å². The quantitative estimate of drug-likeness (QED) is 0.794. The number of alkyl halides is 3. The molecule has 16 heavy (non-hydrogen) atoms. The van der Waals surface area contributed by atoms with Crippen molar-refractivity contribution in [2.75, 3.05) is 13.1 Å². The Hall–Kier alpha value is -0.780. The first-order valence-electron chi connectivity index (χ1n) is 5.32. The summed E-state index contributed by atoms with van der Waals surface area (Å²) in [5.74, 6) is -0.421. The second-order valence-corrected chi connectivity index (χ2v) is 4.29. The monoisotopic (exact) mass is 239 g/mol. The molecule has 1 amide bonds. The third-order valence-electron chi connectivity index (χ3n) is 2.89. The van der Waals surface area contributed by atoms with E-state index in [1.165, 1.54) is 4.90 Å². The van der Waals surface area contributed by atoms with Crippen molar-refractivity contribution in [3.63, 3.8) is 0 Å². The fourth-order valence-electron chi connectivity index (χ4n) is 1.68. The van der Waals surface area contributed by atoms with Gasteiger partial charge in [0.2, 0.25) is 5.91 Å². The minimum Gasteiger partial charge on any atom is -0.391 e. The van der Waals surface area contributed by atoms with E-state index in [1.807, 2.05) is 6.92 Å². The number of amides is 1. The van der Waals surface area contributed by atoms with Crippen LogP contribution < -0.4 is 0 Å². The van der Waals surface area contributed by atoms with Crippen molar-refractivity contribution >= 4 is 5.91 Å². The van der Waals surface area contributed by atoms with Gasteiger partial charge in [0.25, 0.3) is 0 Å². The number of β-amino-alcohol motifs (C(OH)–C–C–N with tert-alkyl or cyclic N) is 1. The summed E-state index contributed by atoms with van der Waals surface area (Å²) >= 11 is 0. The SMILES string of the molecule is CC1CCN(C(=O)CCC(F)(F)F)CC1O. The summed E-state index contributed by atoms with van der Waals surface area (Å²) in [4.78, 5) is 12.7. The first-order chi connectivity index (χ1) is 7.29. The average Bonchev–Trinajstić information content (AvgIpc) is 2.17. The maximum Gasteiger partial charge on any atom is 0.389 e. The molecule has 3 nitrogen and oxygen atoms in total. The second kappa shape index (κ2) is 5.03. The van der Waals surface area contributed by atoms with Crippen LogP contribution in [0.25, 0.3) is 0 Å². The predicted octanol–water partition coefficient (Wildman–Crippen LogP) is 1.56. The number of hydrogen-bond acceptors (Lipinski definition) is 2. The van der Waals surface area contributed by atoms with Gasteiger partial charge in [-0.3, -0.25) is 4.79 Å². The van der Waals surface area contributed by atoms with Crippen LogP contribution >= 0.6 is 0 Å². The van der Waals surface area contributed by atoms with E-state index < -0.39 is 31.0 Å². The van der Waals surface area contributed by atoms with Gasteiger partial charge in [-0.05, 0) is 12.3 Å². The van der Waals surface area contributed by atoms with Crippen LogP contribution in [-0.2, 0) is 4.79 Å². The maximum atomic E-state index is 11.9. The molecule has 0 aromatic rings. The fourth-order valence-corrected chi connectivity index (χ4v) is 1.68. The van der Waals surface area contributed by atoms with E-state index in [-0.39, 0.29) is 12.5 Å². The van der Waals surface area contributed by atoms with E-state index in [4.69, 9.17) is 0 Å². The molecule has 1 aliphatic heterocycles. The standard InChI is InChI=1S/C10H16F3NO2/c1-7-3-5-14(6-8(7)15)9(16)2-4-10(11,12)13/h7-8,15H,2-6H2,1H3. The van der Waals surface area contributed by atoms with E-state index in [9.17, 15) is 23.1 Å². The van der Waals surface area contributed by atoms with Crippen molar-refractivity contribution in [1.82, 2.24) is 4.90 Å². The molecule has 0 aromatic heterocycles. The molecule has 1 rings (SSSR count). The number of nitrogens with zero attached hydrogens (tertiary/aromatic N) is 1. The van der Waals surface area contributed by atoms with Crippen LogP contribution in [0.3, 0.4) is 0 Å². The third-order valence-corrected chi connectivity index (χ3v) is 2.89. The zero-order valence-corrected chi connectivity index (χ0v) is 9.13. The molecule has 94 valence electrons. The maximum absolute atomic E-state index is 11.9. The van der Waals surface area contributed by atoms with Gasteiger partial charge in [-0.1, -0.05) is 6.92 Å². The van der Waals surface area contributed by atoms with Crippen LogP contribution in [0.2, 0.25) is 0 Å². The largest absolute Gasteiger partial charge is 0.391 e. The molecular weight excluding hydrogens is 223 g/mol. The lowest BCUT2D eigenvalue weighted by molar-refractivity contribution is -0.151. The van der Waals surface area contributed by atoms with Crippen LogP contribution in [0.4, 0.5) is 13.2 Å². The molecule has 1 saturated heterocycles. The molecule has 0 radical (unpaired) electrons. The Kier molecular flexibility index (Phi) is 4.18. The highest BCUT2D eigenvalue weighted by Gasteiger charge is 2.31. The van der Waals surface area contributed by atoms with Gasteiger partial charge in [0.05, 0.1) is 12.5 Å².